The van der Waals surface area contributed by atoms with Gasteiger partial charge in [-0.3, -0.25) is 4.90 Å². The van der Waals surface area contributed by atoms with E-state index in [0.29, 0.717) is 11.7 Å². The normalized spacial score (nSPS) is 13.3. The lowest BCUT2D eigenvalue weighted by Crippen LogP contribution is -2.31. The SMILES string of the molecule is CCC(C)N(CC)Cc1nc2c(N)cccc2o1. The van der Waals surface area contributed by atoms with Gasteiger partial charge in [-0.15, -0.1) is 0 Å². The maximum Gasteiger partial charge on any atom is 0.209 e. The van der Waals surface area contributed by atoms with Crippen LogP contribution in [0.3, 0.4) is 0 Å². The molecule has 0 spiro atoms. The largest absolute Gasteiger partial charge is 0.439 e. The van der Waals surface area contributed by atoms with Gasteiger partial charge in [0.25, 0.3) is 0 Å². The molecule has 2 aromatic rings. The van der Waals surface area contributed by atoms with Gasteiger partial charge >= 0.3 is 0 Å². The molecule has 0 saturated heterocycles. The second-order valence-electron chi connectivity index (χ2n) is 4.62. The first-order chi connectivity index (χ1) is 8.65. The number of hydrogen-bond acceptors (Lipinski definition) is 4. The molecule has 18 heavy (non-hydrogen) atoms. The Labute approximate surface area is 108 Å². The average Bonchev–Trinajstić information content (AvgIpc) is 2.79. The Morgan fingerprint density at radius 1 is 1.39 bits per heavy atom. The number of oxazole rings is 1. The van der Waals surface area contributed by atoms with Crippen LogP contribution < -0.4 is 5.73 Å². The Bertz CT molecular complexity index is 521. The van der Waals surface area contributed by atoms with Gasteiger partial charge in [0.15, 0.2) is 5.58 Å². The Kier molecular flexibility index (Phi) is 3.87. The maximum atomic E-state index is 5.88. The summed E-state index contributed by atoms with van der Waals surface area (Å²) in [5.41, 5.74) is 8.10. The molecular formula is C14H21N3O. The highest BCUT2D eigenvalue weighted by Crippen LogP contribution is 2.22. The van der Waals surface area contributed by atoms with Crippen LogP contribution in [0.2, 0.25) is 0 Å². The van der Waals surface area contributed by atoms with Crippen molar-refractivity contribution in [1.29, 1.82) is 0 Å². The summed E-state index contributed by atoms with van der Waals surface area (Å²) in [7, 11) is 0. The summed E-state index contributed by atoms with van der Waals surface area (Å²) in [6.07, 6.45) is 1.12. The lowest BCUT2D eigenvalue weighted by atomic mass is 10.2. The van der Waals surface area contributed by atoms with Crippen molar-refractivity contribution >= 4 is 16.8 Å². The van der Waals surface area contributed by atoms with Gasteiger partial charge in [0.2, 0.25) is 5.89 Å². The molecule has 0 aliphatic carbocycles. The molecule has 98 valence electrons. The quantitative estimate of drug-likeness (QED) is 0.825. The lowest BCUT2D eigenvalue weighted by molar-refractivity contribution is 0.188. The molecule has 0 amide bonds. The molecule has 1 heterocycles. The van der Waals surface area contributed by atoms with Gasteiger partial charge in [-0.1, -0.05) is 19.9 Å². The van der Waals surface area contributed by atoms with E-state index in [2.05, 4.69) is 30.7 Å². The van der Waals surface area contributed by atoms with E-state index < -0.39 is 0 Å². The molecule has 0 saturated carbocycles. The van der Waals surface area contributed by atoms with Crippen LogP contribution in [0, 0.1) is 0 Å². The van der Waals surface area contributed by atoms with E-state index in [4.69, 9.17) is 10.2 Å². The topological polar surface area (TPSA) is 55.3 Å². The van der Waals surface area contributed by atoms with Gasteiger partial charge in [0.05, 0.1) is 12.2 Å². The zero-order valence-electron chi connectivity index (χ0n) is 11.3. The third kappa shape index (κ3) is 2.48. The molecule has 2 N–H and O–H groups in total. The number of fused-ring (bicyclic) bond motifs is 1. The monoisotopic (exact) mass is 247 g/mol. The van der Waals surface area contributed by atoms with Crippen LogP contribution in [0.5, 0.6) is 0 Å². The fourth-order valence-corrected chi connectivity index (χ4v) is 2.09. The third-order valence-electron chi connectivity index (χ3n) is 3.45. The van der Waals surface area contributed by atoms with Gasteiger partial charge in [-0.05, 0) is 32.0 Å². The van der Waals surface area contributed by atoms with Crippen LogP contribution in [0.4, 0.5) is 5.69 Å². The van der Waals surface area contributed by atoms with Crippen LogP contribution in [-0.4, -0.2) is 22.5 Å². The van der Waals surface area contributed by atoms with Gasteiger partial charge in [-0.2, -0.15) is 0 Å². The molecule has 0 aliphatic heterocycles. The van der Waals surface area contributed by atoms with Gasteiger partial charge in [0.1, 0.15) is 5.52 Å². The second-order valence-corrected chi connectivity index (χ2v) is 4.62. The number of aromatic nitrogens is 1. The summed E-state index contributed by atoms with van der Waals surface area (Å²) in [4.78, 5) is 6.83. The van der Waals surface area contributed by atoms with E-state index >= 15 is 0 Å². The average molecular weight is 247 g/mol. The van der Waals surface area contributed by atoms with Crippen molar-refractivity contribution in [2.75, 3.05) is 12.3 Å². The van der Waals surface area contributed by atoms with Crippen molar-refractivity contribution in [3.8, 4) is 0 Å². The Hall–Kier alpha value is -1.55. The Balaban J connectivity index is 2.23. The van der Waals surface area contributed by atoms with E-state index in [1.165, 1.54) is 0 Å². The van der Waals surface area contributed by atoms with Crippen LogP contribution in [-0.2, 0) is 6.54 Å². The molecule has 0 radical (unpaired) electrons. The zero-order valence-corrected chi connectivity index (χ0v) is 11.3. The molecule has 0 aliphatic rings. The lowest BCUT2D eigenvalue weighted by Gasteiger charge is -2.25. The minimum absolute atomic E-state index is 0.530. The van der Waals surface area contributed by atoms with E-state index in [0.717, 1.165) is 36.5 Å². The molecule has 1 atom stereocenters. The number of anilines is 1. The van der Waals surface area contributed by atoms with E-state index in [1.807, 2.05) is 18.2 Å². The van der Waals surface area contributed by atoms with Crippen molar-refractivity contribution in [2.45, 2.75) is 39.8 Å². The van der Waals surface area contributed by atoms with E-state index in [-0.39, 0.29) is 0 Å². The summed E-state index contributed by atoms with van der Waals surface area (Å²) in [5.74, 6) is 0.741. The summed E-state index contributed by atoms with van der Waals surface area (Å²) in [6, 6.07) is 6.17. The van der Waals surface area contributed by atoms with Crippen LogP contribution in [0.1, 0.15) is 33.1 Å². The molecular weight excluding hydrogens is 226 g/mol. The number of nitrogens with zero attached hydrogens (tertiary/aromatic N) is 2. The molecule has 1 unspecified atom stereocenters. The van der Waals surface area contributed by atoms with Crippen molar-refractivity contribution in [3.63, 3.8) is 0 Å². The standard InChI is InChI=1S/C14H21N3O/c1-4-10(3)17(5-2)9-13-16-14-11(15)7-6-8-12(14)18-13/h6-8,10H,4-5,9,15H2,1-3H3. The number of nitrogens with two attached hydrogens (primary N) is 1. The number of nitrogen functional groups attached to an aromatic ring is 1. The Morgan fingerprint density at radius 3 is 2.78 bits per heavy atom. The highest BCUT2D eigenvalue weighted by atomic mass is 16.3. The van der Waals surface area contributed by atoms with Gasteiger partial charge < -0.3 is 10.2 Å². The van der Waals surface area contributed by atoms with Gasteiger partial charge in [-0.25, -0.2) is 4.98 Å². The molecule has 4 nitrogen and oxygen atoms in total. The molecule has 1 aromatic carbocycles. The number of rotatable bonds is 5. The van der Waals surface area contributed by atoms with Gasteiger partial charge in [0, 0.05) is 6.04 Å². The van der Waals surface area contributed by atoms with E-state index in [1.54, 1.807) is 0 Å². The molecule has 4 heteroatoms. The molecule has 0 fully saturated rings. The fourth-order valence-electron chi connectivity index (χ4n) is 2.09. The highest BCUT2D eigenvalue weighted by molar-refractivity contribution is 5.85. The van der Waals surface area contributed by atoms with Crippen molar-refractivity contribution in [3.05, 3.63) is 24.1 Å². The van der Waals surface area contributed by atoms with Crippen LogP contribution in [0.25, 0.3) is 11.1 Å². The number of hydrogen-bond donors (Lipinski definition) is 1. The predicted molar refractivity (Wildman–Crippen MR) is 74.3 cm³/mol. The first-order valence-electron chi connectivity index (χ1n) is 6.53. The van der Waals surface area contributed by atoms with E-state index in [9.17, 15) is 0 Å². The smallest absolute Gasteiger partial charge is 0.209 e. The summed E-state index contributed by atoms with van der Waals surface area (Å²) >= 11 is 0. The first-order valence-corrected chi connectivity index (χ1v) is 6.53. The predicted octanol–water partition coefficient (Wildman–Crippen LogP) is 3.03. The third-order valence-corrected chi connectivity index (χ3v) is 3.45. The minimum atomic E-state index is 0.530. The van der Waals surface area contributed by atoms with Crippen molar-refractivity contribution in [1.82, 2.24) is 9.88 Å². The zero-order chi connectivity index (χ0) is 13.1. The Morgan fingerprint density at radius 2 is 2.17 bits per heavy atom. The summed E-state index contributed by atoms with van der Waals surface area (Å²) in [6.45, 7) is 8.30. The second kappa shape index (κ2) is 5.40. The minimum Gasteiger partial charge on any atom is -0.439 e. The summed E-state index contributed by atoms with van der Waals surface area (Å²) in [5, 5.41) is 0. The molecule has 1 aromatic heterocycles. The molecule has 2 rings (SSSR count). The fraction of sp³-hybridized carbons (Fsp3) is 0.500. The maximum absolute atomic E-state index is 5.88. The highest BCUT2D eigenvalue weighted by Gasteiger charge is 2.15. The van der Waals surface area contributed by atoms with Crippen LogP contribution >= 0.6 is 0 Å². The van der Waals surface area contributed by atoms with Crippen molar-refractivity contribution in [2.24, 2.45) is 0 Å². The number of benzene rings is 1. The summed E-state index contributed by atoms with van der Waals surface area (Å²) < 4.78 is 5.74. The van der Waals surface area contributed by atoms with Crippen LogP contribution in [0.15, 0.2) is 22.6 Å². The van der Waals surface area contributed by atoms with Crippen molar-refractivity contribution < 1.29 is 4.42 Å². The first kappa shape index (κ1) is 12.9. The molecule has 0 bridgehead atoms. The number of para-hydroxylation sites is 1.